The van der Waals surface area contributed by atoms with Crippen molar-refractivity contribution in [3.63, 3.8) is 0 Å². The van der Waals surface area contributed by atoms with Gasteiger partial charge in [0.15, 0.2) is 5.82 Å². The van der Waals surface area contributed by atoms with Gasteiger partial charge in [0.1, 0.15) is 0 Å². The molecule has 1 N–H and O–H groups in total. The van der Waals surface area contributed by atoms with Crippen molar-refractivity contribution in [3.8, 4) is 0 Å². The third-order valence-corrected chi connectivity index (χ3v) is 3.15. The second kappa shape index (κ2) is 3.97. The zero-order valence-electron chi connectivity index (χ0n) is 9.86. The van der Waals surface area contributed by atoms with Gasteiger partial charge >= 0.3 is 0 Å². The van der Waals surface area contributed by atoms with Crippen LogP contribution in [-0.4, -0.2) is 14.9 Å². The fourth-order valence-corrected chi connectivity index (χ4v) is 2.13. The largest absolute Gasteiger partial charge is 0.424 e. The number of fused-ring (bicyclic) bond motifs is 1. The summed E-state index contributed by atoms with van der Waals surface area (Å²) in [6, 6.07) is 5.42. The molecule has 90 valence electrons. The van der Waals surface area contributed by atoms with Crippen LogP contribution in [0.3, 0.4) is 0 Å². The topological polar surface area (TPSA) is 55.1 Å². The van der Waals surface area contributed by atoms with E-state index >= 15 is 0 Å². The Labute approximate surface area is 112 Å². The summed E-state index contributed by atoms with van der Waals surface area (Å²) in [6.45, 7) is 5.71. The molecule has 1 aromatic heterocycles. The first-order valence-corrected chi connectivity index (χ1v) is 6.30. The summed E-state index contributed by atoms with van der Waals surface area (Å²) in [5.74, 6) is 0.371. The second-order valence-corrected chi connectivity index (χ2v) is 6.21. The molecule has 5 heteroatoms. The molecular formula is C12H13IN2O2. The summed E-state index contributed by atoms with van der Waals surface area (Å²) in [5.41, 5.74) is -0.186. The number of nitrogens with zero attached hydrogens (tertiary/aromatic N) is 2. The smallest absolute Gasteiger partial charge is 0.294 e. The van der Waals surface area contributed by atoms with Gasteiger partial charge in [0.25, 0.3) is 5.56 Å². The van der Waals surface area contributed by atoms with Crippen LogP contribution in [0.15, 0.2) is 23.0 Å². The quantitative estimate of drug-likeness (QED) is 0.590. The zero-order chi connectivity index (χ0) is 12.8. The van der Waals surface area contributed by atoms with Crippen LogP contribution >= 0.6 is 22.6 Å². The Hall–Kier alpha value is -1.11. The summed E-state index contributed by atoms with van der Waals surface area (Å²) < 4.78 is 1.59. The van der Waals surface area contributed by atoms with Crippen LogP contribution in [0.25, 0.3) is 10.9 Å². The van der Waals surface area contributed by atoms with Gasteiger partial charge in [-0.2, -0.15) is 0 Å². The number of aromatic nitrogens is 2. The summed E-state index contributed by atoms with van der Waals surface area (Å²) in [4.78, 5) is 16.4. The molecule has 0 unspecified atom stereocenters. The van der Waals surface area contributed by atoms with Gasteiger partial charge in [-0.1, -0.05) is 20.8 Å². The number of halogens is 1. The molecule has 0 atom stereocenters. The molecule has 0 saturated heterocycles. The minimum Gasteiger partial charge on any atom is -0.424 e. The van der Waals surface area contributed by atoms with Gasteiger partial charge in [-0.25, -0.2) is 4.98 Å². The Balaban J connectivity index is 2.90. The minimum absolute atomic E-state index is 0.371. The number of benzene rings is 1. The second-order valence-electron chi connectivity index (χ2n) is 4.96. The van der Waals surface area contributed by atoms with Crippen LogP contribution < -0.4 is 5.56 Å². The lowest BCUT2D eigenvalue weighted by molar-refractivity contribution is 0.151. The molecule has 0 amide bonds. The van der Waals surface area contributed by atoms with Crippen molar-refractivity contribution < 1.29 is 5.21 Å². The van der Waals surface area contributed by atoms with E-state index in [4.69, 9.17) is 0 Å². The van der Waals surface area contributed by atoms with Crippen molar-refractivity contribution in [2.75, 3.05) is 0 Å². The van der Waals surface area contributed by atoms with E-state index in [-0.39, 0.29) is 5.41 Å². The highest BCUT2D eigenvalue weighted by molar-refractivity contribution is 14.1. The number of rotatable bonds is 0. The molecule has 4 nitrogen and oxygen atoms in total. The first-order chi connectivity index (χ1) is 7.80. The molecule has 1 aromatic carbocycles. The van der Waals surface area contributed by atoms with Crippen LogP contribution in [0.5, 0.6) is 0 Å². The van der Waals surface area contributed by atoms with Crippen molar-refractivity contribution in [1.82, 2.24) is 9.71 Å². The van der Waals surface area contributed by atoms with Crippen LogP contribution in [0.4, 0.5) is 0 Å². The van der Waals surface area contributed by atoms with E-state index < -0.39 is 5.56 Å². The highest BCUT2D eigenvalue weighted by Gasteiger charge is 2.22. The molecule has 0 aliphatic heterocycles. The zero-order valence-corrected chi connectivity index (χ0v) is 12.0. The SMILES string of the molecule is CC(C)(C)c1nc2ccc(I)cc2c(=O)n1O. The van der Waals surface area contributed by atoms with Gasteiger partial charge in [-0.05, 0) is 40.8 Å². The molecular weight excluding hydrogens is 331 g/mol. The molecule has 0 aliphatic carbocycles. The van der Waals surface area contributed by atoms with Crippen molar-refractivity contribution in [2.24, 2.45) is 0 Å². The average molecular weight is 344 g/mol. The van der Waals surface area contributed by atoms with Crippen molar-refractivity contribution in [3.05, 3.63) is 37.9 Å². The maximum absolute atomic E-state index is 12.0. The Morgan fingerprint density at radius 2 is 2.00 bits per heavy atom. The molecule has 1 heterocycles. The van der Waals surface area contributed by atoms with Gasteiger partial charge in [0, 0.05) is 8.99 Å². The van der Waals surface area contributed by atoms with E-state index in [9.17, 15) is 10.0 Å². The van der Waals surface area contributed by atoms with Gasteiger partial charge in [0.2, 0.25) is 0 Å². The number of hydrogen-bond acceptors (Lipinski definition) is 3. The fraction of sp³-hybridized carbons (Fsp3) is 0.333. The Kier molecular flexibility index (Phi) is 2.89. The monoisotopic (exact) mass is 344 g/mol. The highest BCUT2D eigenvalue weighted by atomic mass is 127. The molecule has 0 fully saturated rings. The van der Waals surface area contributed by atoms with E-state index in [0.29, 0.717) is 21.5 Å². The summed E-state index contributed by atoms with van der Waals surface area (Å²) >= 11 is 2.12. The van der Waals surface area contributed by atoms with E-state index in [0.717, 1.165) is 3.57 Å². The van der Waals surface area contributed by atoms with Crippen LogP contribution in [0.1, 0.15) is 26.6 Å². The van der Waals surface area contributed by atoms with E-state index in [1.165, 1.54) is 0 Å². The summed E-state index contributed by atoms with van der Waals surface area (Å²) in [5, 5.41) is 10.3. The van der Waals surface area contributed by atoms with E-state index in [1.807, 2.05) is 26.8 Å². The van der Waals surface area contributed by atoms with E-state index in [2.05, 4.69) is 27.6 Å². The summed E-state index contributed by atoms with van der Waals surface area (Å²) in [7, 11) is 0. The molecule has 0 aliphatic rings. The highest BCUT2D eigenvalue weighted by Crippen LogP contribution is 2.21. The lowest BCUT2D eigenvalue weighted by Crippen LogP contribution is -2.30. The van der Waals surface area contributed by atoms with Gasteiger partial charge in [-0.15, -0.1) is 4.73 Å². The number of hydrogen-bond donors (Lipinski definition) is 1. The van der Waals surface area contributed by atoms with Crippen molar-refractivity contribution in [1.29, 1.82) is 0 Å². The molecule has 2 aromatic rings. The Morgan fingerprint density at radius 1 is 1.35 bits per heavy atom. The van der Waals surface area contributed by atoms with Crippen molar-refractivity contribution in [2.45, 2.75) is 26.2 Å². The third-order valence-electron chi connectivity index (χ3n) is 2.48. The predicted octanol–water partition coefficient (Wildman–Crippen LogP) is 2.54. The van der Waals surface area contributed by atoms with Gasteiger partial charge in [0.05, 0.1) is 10.9 Å². The molecule has 0 saturated carbocycles. The minimum atomic E-state index is -0.418. The first-order valence-electron chi connectivity index (χ1n) is 5.23. The van der Waals surface area contributed by atoms with Crippen LogP contribution in [0, 0.1) is 3.57 Å². The normalized spacial score (nSPS) is 12.0. The third kappa shape index (κ3) is 2.15. The predicted molar refractivity (Wildman–Crippen MR) is 74.6 cm³/mol. The van der Waals surface area contributed by atoms with Crippen LogP contribution in [-0.2, 0) is 5.41 Å². The maximum Gasteiger partial charge on any atom is 0.294 e. The Bertz CT molecular complexity index is 641. The summed E-state index contributed by atoms with van der Waals surface area (Å²) in [6.07, 6.45) is 0. The van der Waals surface area contributed by atoms with Gasteiger partial charge < -0.3 is 5.21 Å². The standard InChI is InChI=1S/C12H13IN2O2/c1-12(2,3)11-14-9-5-4-7(13)6-8(9)10(16)15(11)17/h4-6,17H,1-3H3. The molecule has 0 radical (unpaired) electrons. The lowest BCUT2D eigenvalue weighted by atomic mass is 9.95. The molecule has 0 bridgehead atoms. The van der Waals surface area contributed by atoms with Crippen LogP contribution in [0.2, 0.25) is 0 Å². The van der Waals surface area contributed by atoms with Crippen molar-refractivity contribution >= 4 is 33.5 Å². The molecule has 0 spiro atoms. The fourth-order valence-electron chi connectivity index (χ4n) is 1.63. The Morgan fingerprint density at radius 3 is 2.59 bits per heavy atom. The van der Waals surface area contributed by atoms with Gasteiger partial charge in [-0.3, -0.25) is 4.79 Å². The average Bonchev–Trinajstić information content (AvgIpc) is 2.22. The van der Waals surface area contributed by atoms with E-state index in [1.54, 1.807) is 12.1 Å². The molecule has 17 heavy (non-hydrogen) atoms. The lowest BCUT2D eigenvalue weighted by Gasteiger charge is -2.19. The maximum atomic E-state index is 12.0. The molecule has 2 rings (SSSR count). The first kappa shape index (κ1) is 12.3.